The van der Waals surface area contributed by atoms with Crippen molar-refractivity contribution in [1.82, 2.24) is 5.32 Å². The van der Waals surface area contributed by atoms with Crippen LogP contribution < -0.4 is 10.2 Å². The lowest BCUT2D eigenvalue weighted by Gasteiger charge is -2.29. The van der Waals surface area contributed by atoms with E-state index in [0.29, 0.717) is 11.8 Å². The van der Waals surface area contributed by atoms with Crippen molar-refractivity contribution in [3.8, 4) is 0 Å². The maximum Gasteiger partial charge on any atom is 0.0642 e. The van der Waals surface area contributed by atoms with Crippen molar-refractivity contribution in [2.24, 2.45) is 5.92 Å². The van der Waals surface area contributed by atoms with Gasteiger partial charge in [-0.1, -0.05) is 12.1 Å². The van der Waals surface area contributed by atoms with Crippen LogP contribution in [0.4, 0.5) is 5.69 Å². The first kappa shape index (κ1) is 13.9. The van der Waals surface area contributed by atoms with Crippen LogP contribution in [0.3, 0.4) is 0 Å². The van der Waals surface area contributed by atoms with Crippen LogP contribution in [0, 0.1) is 5.92 Å². The summed E-state index contributed by atoms with van der Waals surface area (Å²) in [6, 6.07) is 9.07. The number of rotatable bonds is 4. The van der Waals surface area contributed by atoms with Gasteiger partial charge >= 0.3 is 0 Å². The highest BCUT2D eigenvalue weighted by atomic mass is 16.5. The molecule has 0 amide bonds. The first-order valence-corrected chi connectivity index (χ1v) is 7.51. The summed E-state index contributed by atoms with van der Waals surface area (Å²) in [5.74, 6) is 1.17. The Bertz CT molecular complexity index is 415. The monoisotopic (exact) mass is 276 g/mol. The minimum absolute atomic E-state index is 0.577. The molecule has 2 aliphatic heterocycles. The molecule has 2 aliphatic rings. The summed E-state index contributed by atoms with van der Waals surface area (Å²) < 4.78 is 10.7. The standard InChI is InChI=1S/C16H24N2O2/c1-19-12-14-10-17-11-16(14)13-2-4-15(5-3-13)18-6-8-20-9-7-18/h2-5,14,16-17H,6-12H2,1H3. The summed E-state index contributed by atoms with van der Waals surface area (Å²) in [6.07, 6.45) is 0. The Kier molecular flexibility index (Phi) is 4.55. The first-order chi connectivity index (χ1) is 9.88. The Balaban J connectivity index is 1.69. The van der Waals surface area contributed by atoms with Crippen LogP contribution in [0.1, 0.15) is 11.5 Å². The average Bonchev–Trinajstić information content (AvgIpc) is 2.97. The zero-order chi connectivity index (χ0) is 13.8. The molecule has 110 valence electrons. The SMILES string of the molecule is COCC1CNCC1c1ccc(N2CCOCC2)cc1. The smallest absolute Gasteiger partial charge is 0.0642 e. The molecule has 2 heterocycles. The number of ether oxygens (including phenoxy) is 2. The highest BCUT2D eigenvalue weighted by Crippen LogP contribution is 2.29. The van der Waals surface area contributed by atoms with E-state index < -0.39 is 0 Å². The maximum atomic E-state index is 5.40. The molecular formula is C16H24N2O2. The van der Waals surface area contributed by atoms with Gasteiger partial charge in [0.25, 0.3) is 0 Å². The quantitative estimate of drug-likeness (QED) is 0.903. The van der Waals surface area contributed by atoms with Crippen LogP contribution in [-0.4, -0.2) is 53.1 Å². The summed E-state index contributed by atoms with van der Waals surface area (Å²) >= 11 is 0. The van der Waals surface area contributed by atoms with Crippen LogP contribution in [0.25, 0.3) is 0 Å². The Morgan fingerprint density at radius 2 is 1.95 bits per heavy atom. The molecule has 0 spiro atoms. The average molecular weight is 276 g/mol. The van der Waals surface area contributed by atoms with Crippen molar-refractivity contribution in [2.75, 3.05) is 58.0 Å². The predicted molar refractivity (Wildman–Crippen MR) is 80.5 cm³/mol. The van der Waals surface area contributed by atoms with Crippen LogP contribution in [0.5, 0.6) is 0 Å². The van der Waals surface area contributed by atoms with E-state index in [1.54, 1.807) is 7.11 Å². The minimum Gasteiger partial charge on any atom is -0.384 e. The maximum absolute atomic E-state index is 5.40. The van der Waals surface area contributed by atoms with Crippen molar-refractivity contribution in [2.45, 2.75) is 5.92 Å². The van der Waals surface area contributed by atoms with E-state index in [2.05, 4.69) is 34.5 Å². The van der Waals surface area contributed by atoms with Crippen molar-refractivity contribution in [3.05, 3.63) is 29.8 Å². The normalized spacial score (nSPS) is 26.9. The van der Waals surface area contributed by atoms with Crippen molar-refractivity contribution >= 4 is 5.69 Å². The van der Waals surface area contributed by atoms with Crippen LogP contribution in [0.2, 0.25) is 0 Å². The van der Waals surface area contributed by atoms with Crippen LogP contribution >= 0.6 is 0 Å². The molecule has 1 N–H and O–H groups in total. The molecule has 1 aromatic rings. The zero-order valence-electron chi connectivity index (χ0n) is 12.2. The van der Waals surface area contributed by atoms with Gasteiger partial charge in [0, 0.05) is 50.8 Å². The second-order valence-corrected chi connectivity index (χ2v) is 5.67. The topological polar surface area (TPSA) is 33.7 Å². The van der Waals surface area contributed by atoms with Crippen molar-refractivity contribution in [1.29, 1.82) is 0 Å². The number of nitrogens with one attached hydrogen (secondary N) is 1. The van der Waals surface area contributed by atoms with Crippen LogP contribution in [-0.2, 0) is 9.47 Å². The lowest BCUT2D eigenvalue weighted by Crippen LogP contribution is -2.36. The highest BCUT2D eigenvalue weighted by molar-refractivity contribution is 5.48. The third-order valence-electron chi connectivity index (χ3n) is 4.42. The van der Waals surface area contributed by atoms with E-state index in [-0.39, 0.29) is 0 Å². The molecule has 0 bridgehead atoms. The largest absolute Gasteiger partial charge is 0.384 e. The molecular weight excluding hydrogens is 252 g/mol. The summed E-state index contributed by atoms with van der Waals surface area (Å²) in [4.78, 5) is 2.40. The molecule has 0 aromatic heterocycles. The molecule has 4 heteroatoms. The number of benzene rings is 1. The zero-order valence-corrected chi connectivity index (χ0v) is 12.2. The van der Waals surface area contributed by atoms with Crippen molar-refractivity contribution in [3.63, 3.8) is 0 Å². The third-order valence-corrected chi connectivity index (χ3v) is 4.42. The molecule has 0 saturated carbocycles. The Hall–Kier alpha value is -1.10. The highest BCUT2D eigenvalue weighted by Gasteiger charge is 2.28. The fourth-order valence-corrected chi connectivity index (χ4v) is 3.27. The predicted octanol–water partition coefficient (Wildman–Crippen LogP) is 1.47. The minimum atomic E-state index is 0.577. The van der Waals surface area contributed by atoms with Gasteiger partial charge in [-0.3, -0.25) is 0 Å². The van der Waals surface area contributed by atoms with E-state index in [1.807, 2.05) is 0 Å². The van der Waals surface area contributed by atoms with E-state index in [1.165, 1.54) is 11.3 Å². The molecule has 3 rings (SSSR count). The lowest BCUT2D eigenvalue weighted by molar-refractivity contribution is 0.122. The van der Waals surface area contributed by atoms with Gasteiger partial charge in [0.05, 0.1) is 19.8 Å². The van der Waals surface area contributed by atoms with E-state index in [4.69, 9.17) is 9.47 Å². The molecule has 20 heavy (non-hydrogen) atoms. The summed E-state index contributed by atoms with van der Waals surface area (Å²) in [6.45, 7) is 6.62. The molecule has 0 aliphatic carbocycles. The van der Waals surface area contributed by atoms with Gasteiger partial charge in [-0.2, -0.15) is 0 Å². The molecule has 2 fully saturated rings. The number of hydrogen-bond donors (Lipinski definition) is 1. The number of nitrogens with zero attached hydrogens (tertiary/aromatic N) is 1. The second kappa shape index (κ2) is 6.57. The second-order valence-electron chi connectivity index (χ2n) is 5.67. The molecule has 1 aromatic carbocycles. The van der Waals surface area contributed by atoms with E-state index in [0.717, 1.165) is 46.0 Å². The molecule has 4 nitrogen and oxygen atoms in total. The van der Waals surface area contributed by atoms with Gasteiger partial charge in [0.2, 0.25) is 0 Å². The molecule has 2 atom stereocenters. The van der Waals surface area contributed by atoms with Crippen LogP contribution in [0.15, 0.2) is 24.3 Å². The molecule has 0 radical (unpaired) electrons. The molecule has 2 saturated heterocycles. The fraction of sp³-hybridized carbons (Fsp3) is 0.625. The Morgan fingerprint density at radius 3 is 2.65 bits per heavy atom. The summed E-state index contributed by atoms with van der Waals surface area (Å²) in [5.41, 5.74) is 2.74. The Morgan fingerprint density at radius 1 is 1.20 bits per heavy atom. The van der Waals surface area contributed by atoms with Crippen molar-refractivity contribution < 1.29 is 9.47 Å². The lowest BCUT2D eigenvalue weighted by atomic mass is 9.89. The summed E-state index contributed by atoms with van der Waals surface area (Å²) in [7, 11) is 1.79. The fourth-order valence-electron chi connectivity index (χ4n) is 3.27. The van der Waals surface area contributed by atoms with Gasteiger partial charge in [-0.15, -0.1) is 0 Å². The number of hydrogen-bond acceptors (Lipinski definition) is 4. The first-order valence-electron chi connectivity index (χ1n) is 7.51. The van der Waals surface area contributed by atoms with E-state index >= 15 is 0 Å². The summed E-state index contributed by atoms with van der Waals surface area (Å²) in [5, 5.41) is 3.48. The molecule has 2 unspecified atom stereocenters. The van der Waals surface area contributed by atoms with Gasteiger partial charge < -0.3 is 19.7 Å². The van der Waals surface area contributed by atoms with Gasteiger partial charge in [-0.25, -0.2) is 0 Å². The number of morpholine rings is 1. The van der Waals surface area contributed by atoms with Gasteiger partial charge in [0.1, 0.15) is 0 Å². The van der Waals surface area contributed by atoms with Gasteiger partial charge in [-0.05, 0) is 17.7 Å². The third kappa shape index (κ3) is 2.97. The Labute approximate surface area is 121 Å². The number of anilines is 1. The van der Waals surface area contributed by atoms with Gasteiger partial charge in [0.15, 0.2) is 0 Å². The van der Waals surface area contributed by atoms with E-state index in [9.17, 15) is 0 Å². The number of methoxy groups -OCH3 is 1.